The molecular weight excluding hydrogens is 273 g/mol. The summed E-state index contributed by atoms with van der Waals surface area (Å²) in [6, 6.07) is 13.6. The number of fused-ring (bicyclic) bond motifs is 1. The molecule has 0 saturated heterocycles. The van der Waals surface area contributed by atoms with Crippen LogP contribution in [0.15, 0.2) is 55.1 Å². The summed E-state index contributed by atoms with van der Waals surface area (Å²) in [5.74, 6) is 0.203. The quantitative estimate of drug-likeness (QED) is 0.654. The Bertz CT molecular complexity index is 666. The standard InChI is InChI=1S/C18H15F3/c1-12-10-15(11-14-4-2-3-5-17(12)14)13-6-8-16(9-7-13)18(19,20)21/h2-9,15H,1,10-11H2. The average Bonchev–Trinajstić information content (AvgIpc) is 2.46. The number of rotatable bonds is 1. The summed E-state index contributed by atoms with van der Waals surface area (Å²) in [6.45, 7) is 4.11. The van der Waals surface area contributed by atoms with E-state index in [1.165, 1.54) is 23.3 Å². The zero-order valence-corrected chi connectivity index (χ0v) is 11.5. The Kier molecular flexibility index (Phi) is 3.36. The maximum Gasteiger partial charge on any atom is 0.416 e. The van der Waals surface area contributed by atoms with Crippen molar-refractivity contribution in [3.8, 4) is 0 Å². The van der Waals surface area contributed by atoms with Crippen molar-refractivity contribution in [2.75, 3.05) is 0 Å². The molecule has 0 fully saturated rings. The van der Waals surface area contributed by atoms with Gasteiger partial charge in [-0.25, -0.2) is 0 Å². The molecule has 21 heavy (non-hydrogen) atoms. The summed E-state index contributed by atoms with van der Waals surface area (Å²) in [7, 11) is 0. The van der Waals surface area contributed by atoms with Crippen molar-refractivity contribution in [2.45, 2.75) is 24.9 Å². The van der Waals surface area contributed by atoms with E-state index in [2.05, 4.69) is 18.7 Å². The van der Waals surface area contributed by atoms with E-state index in [4.69, 9.17) is 0 Å². The Balaban J connectivity index is 1.88. The van der Waals surface area contributed by atoms with Crippen LogP contribution in [0.3, 0.4) is 0 Å². The zero-order valence-electron chi connectivity index (χ0n) is 11.5. The van der Waals surface area contributed by atoms with Crippen LogP contribution < -0.4 is 0 Å². The van der Waals surface area contributed by atoms with Crippen molar-refractivity contribution in [3.05, 3.63) is 77.4 Å². The molecule has 3 rings (SSSR count). The van der Waals surface area contributed by atoms with Crippen molar-refractivity contribution in [1.29, 1.82) is 0 Å². The van der Waals surface area contributed by atoms with Crippen LogP contribution in [0.25, 0.3) is 5.57 Å². The molecule has 3 heteroatoms. The molecule has 0 aromatic heterocycles. The van der Waals surface area contributed by atoms with E-state index in [9.17, 15) is 13.2 Å². The molecule has 0 aliphatic heterocycles. The predicted molar refractivity (Wildman–Crippen MR) is 78.0 cm³/mol. The van der Waals surface area contributed by atoms with E-state index in [-0.39, 0.29) is 5.92 Å². The minimum Gasteiger partial charge on any atom is -0.166 e. The van der Waals surface area contributed by atoms with Gasteiger partial charge in [-0.3, -0.25) is 0 Å². The molecule has 0 bridgehead atoms. The van der Waals surface area contributed by atoms with E-state index in [1.807, 2.05) is 12.1 Å². The van der Waals surface area contributed by atoms with Crippen molar-refractivity contribution in [1.82, 2.24) is 0 Å². The van der Waals surface area contributed by atoms with Crippen LogP contribution in [0.4, 0.5) is 13.2 Å². The number of benzene rings is 2. The summed E-state index contributed by atoms with van der Waals surface area (Å²) in [5.41, 5.74) is 3.81. The lowest BCUT2D eigenvalue weighted by Gasteiger charge is -2.27. The molecule has 2 aromatic carbocycles. The van der Waals surface area contributed by atoms with E-state index in [0.29, 0.717) is 0 Å². The molecule has 2 aromatic rings. The van der Waals surface area contributed by atoms with Gasteiger partial charge in [0.1, 0.15) is 0 Å². The Morgan fingerprint density at radius 1 is 0.905 bits per heavy atom. The highest BCUT2D eigenvalue weighted by Gasteiger charge is 2.30. The highest BCUT2D eigenvalue weighted by atomic mass is 19.4. The van der Waals surface area contributed by atoms with E-state index < -0.39 is 11.7 Å². The van der Waals surface area contributed by atoms with Crippen LogP contribution in [0, 0.1) is 0 Å². The van der Waals surface area contributed by atoms with Crippen molar-refractivity contribution in [3.63, 3.8) is 0 Å². The van der Waals surface area contributed by atoms with Gasteiger partial charge in [-0.05, 0) is 53.2 Å². The molecule has 1 aliphatic rings. The lowest BCUT2D eigenvalue weighted by atomic mass is 9.78. The SMILES string of the molecule is C=C1CC(c2ccc(C(F)(F)F)cc2)Cc2ccccc21. The third-order valence-corrected chi connectivity index (χ3v) is 4.07. The van der Waals surface area contributed by atoms with Gasteiger partial charge in [0.25, 0.3) is 0 Å². The first-order valence-electron chi connectivity index (χ1n) is 6.88. The molecule has 0 nitrogen and oxygen atoms in total. The summed E-state index contributed by atoms with van der Waals surface area (Å²) in [4.78, 5) is 0. The summed E-state index contributed by atoms with van der Waals surface area (Å²) < 4.78 is 37.8. The number of allylic oxidation sites excluding steroid dienone is 1. The first-order valence-corrected chi connectivity index (χ1v) is 6.88. The molecule has 1 aliphatic carbocycles. The van der Waals surface area contributed by atoms with Gasteiger partial charge >= 0.3 is 6.18 Å². The molecule has 0 N–H and O–H groups in total. The van der Waals surface area contributed by atoms with Gasteiger partial charge in [0.2, 0.25) is 0 Å². The highest BCUT2D eigenvalue weighted by molar-refractivity contribution is 5.69. The van der Waals surface area contributed by atoms with Crippen LogP contribution in [0.5, 0.6) is 0 Å². The summed E-state index contributed by atoms with van der Waals surface area (Å²) >= 11 is 0. The monoisotopic (exact) mass is 288 g/mol. The van der Waals surface area contributed by atoms with Crippen LogP contribution >= 0.6 is 0 Å². The molecule has 0 heterocycles. The Hall–Kier alpha value is -2.03. The predicted octanol–water partition coefficient (Wildman–Crippen LogP) is 5.45. The molecule has 1 unspecified atom stereocenters. The number of hydrogen-bond donors (Lipinski definition) is 0. The second-order valence-electron chi connectivity index (χ2n) is 5.49. The largest absolute Gasteiger partial charge is 0.416 e. The molecule has 0 spiro atoms. The summed E-state index contributed by atoms with van der Waals surface area (Å²) in [6.07, 6.45) is -2.63. The van der Waals surface area contributed by atoms with Crippen molar-refractivity contribution < 1.29 is 13.2 Å². The lowest BCUT2D eigenvalue weighted by Crippen LogP contribution is -2.12. The highest BCUT2D eigenvalue weighted by Crippen LogP contribution is 2.39. The molecule has 1 atom stereocenters. The first kappa shape index (κ1) is 13.9. The van der Waals surface area contributed by atoms with Gasteiger partial charge in [-0.2, -0.15) is 13.2 Å². The number of halogens is 3. The first-order chi connectivity index (χ1) is 9.95. The summed E-state index contributed by atoms with van der Waals surface area (Å²) in [5, 5.41) is 0. The zero-order chi connectivity index (χ0) is 15.0. The number of hydrogen-bond acceptors (Lipinski definition) is 0. The van der Waals surface area contributed by atoms with Gasteiger partial charge in [-0.1, -0.05) is 43.0 Å². The fraction of sp³-hybridized carbons (Fsp3) is 0.222. The van der Waals surface area contributed by atoms with Crippen LogP contribution in [-0.2, 0) is 12.6 Å². The smallest absolute Gasteiger partial charge is 0.166 e. The van der Waals surface area contributed by atoms with Gasteiger partial charge in [0.15, 0.2) is 0 Å². The van der Waals surface area contributed by atoms with Gasteiger partial charge in [0.05, 0.1) is 5.56 Å². The van der Waals surface area contributed by atoms with Gasteiger partial charge < -0.3 is 0 Å². The topological polar surface area (TPSA) is 0 Å². The third kappa shape index (κ3) is 2.73. The minimum absolute atomic E-state index is 0.203. The van der Waals surface area contributed by atoms with E-state index in [1.54, 1.807) is 12.1 Å². The second kappa shape index (κ2) is 5.06. The fourth-order valence-electron chi connectivity index (χ4n) is 2.97. The van der Waals surface area contributed by atoms with Crippen LogP contribution in [-0.4, -0.2) is 0 Å². The fourth-order valence-corrected chi connectivity index (χ4v) is 2.97. The van der Waals surface area contributed by atoms with Crippen LogP contribution in [0.1, 0.15) is 34.6 Å². The van der Waals surface area contributed by atoms with Crippen LogP contribution in [0.2, 0.25) is 0 Å². The second-order valence-corrected chi connectivity index (χ2v) is 5.49. The Morgan fingerprint density at radius 3 is 2.24 bits per heavy atom. The molecule has 108 valence electrons. The van der Waals surface area contributed by atoms with Gasteiger partial charge in [-0.15, -0.1) is 0 Å². The van der Waals surface area contributed by atoms with Crippen molar-refractivity contribution in [2.24, 2.45) is 0 Å². The average molecular weight is 288 g/mol. The molecule has 0 amide bonds. The lowest BCUT2D eigenvalue weighted by molar-refractivity contribution is -0.137. The third-order valence-electron chi connectivity index (χ3n) is 4.07. The van der Waals surface area contributed by atoms with Crippen molar-refractivity contribution >= 4 is 5.57 Å². The van der Waals surface area contributed by atoms with Gasteiger partial charge in [0, 0.05) is 0 Å². The molecule has 0 saturated carbocycles. The Labute approximate surface area is 121 Å². The normalized spacial score (nSPS) is 18.4. The maximum absolute atomic E-state index is 12.6. The molecule has 0 radical (unpaired) electrons. The minimum atomic E-state index is -4.28. The van der Waals surface area contributed by atoms with E-state index in [0.717, 1.165) is 24.0 Å². The van der Waals surface area contributed by atoms with E-state index >= 15 is 0 Å². The Morgan fingerprint density at radius 2 is 1.57 bits per heavy atom. The maximum atomic E-state index is 12.6. The number of alkyl halides is 3. The molecular formula is C18H15F3.